The van der Waals surface area contributed by atoms with Crippen LogP contribution in [0.3, 0.4) is 0 Å². The van der Waals surface area contributed by atoms with Crippen molar-refractivity contribution < 1.29 is 4.74 Å². The van der Waals surface area contributed by atoms with Crippen molar-refractivity contribution in [3.05, 3.63) is 24.3 Å². The van der Waals surface area contributed by atoms with Gasteiger partial charge in [-0.3, -0.25) is 0 Å². The summed E-state index contributed by atoms with van der Waals surface area (Å²) in [5.74, 6) is 0.924. The number of benzene rings is 1. The number of hydrogen-bond donors (Lipinski definition) is 1. The van der Waals surface area contributed by atoms with Gasteiger partial charge in [0.05, 0.1) is 7.11 Å². The highest BCUT2D eigenvalue weighted by molar-refractivity contribution is 8.00. The quantitative estimate of drug-likeness (QED) is 0.770. The number of hydrogen-bond acceptors (Lipinski definition) is 3. The van der Waals surface area contributed by atoms with Crippen molar-refractivity contribution in [2.75, 3.05) is 13.7 Å². The SMILES string of the molecule is CCNC(C)C(C)Sc1cccc(OC)c1. The second-order valence-electron chi connectivity index (χ2n) is 3.85. The van der Waals surface area contributed by atoms with E-state index in [9.17, 15) is 0 Å². The van der Waals surface area contributed by atoms with Crippen molar-refractivity contribution in [3.8, 4) is 5.75 Å². The number of rotatable bonds is 6. The van der Waals surface area contributed by atoms with Crippen molar-refractivity contribution in [2.45, 2.75) is 37.0 Å². The summed E-state index contributed by atoms with van der Waals surface area (Å²) < 4.78 is 5.22. The van der Waals surface area contributed by atoms with E-state index >= 15 is 0 Å². The smallest absolute Gasteiger partial charge is 0.119 e. The Labute approximate surface area is 103 Å². The summed E-state index contributed by atoms with van der Waals surface area (Å²) in [6.07, 6.45) is 0. The normalized spacial score (nSPS) is 14.5. The van der Waals surface area contributed by atoms with Crippen LogP contribution in [0.4, 0.5) is 0 Å². The fourth-order valence-electron chi connectivity index (χ4n) is 1.48. The number of ether oxygens (including phenoxy) is 1. The molecule has 0 spiro atoms. The highest BCUT2D eigenvalue weighted by atomic mass is 32.2. The average molecular weight is 239 g/mol. The number of nitrogens with one attached hydrogen (secondary N) is 1. The van der Waals surface area contributed by atoms with Gasteiger partial charge in [-0.05, 0) is 31.7 Å². The van der Waals surface area contributed by atoms with Crippen LogP contribution in [0.25, 0.3) is 0 Å². The maximum Gasteiger partial charge on any atom is 0.119 e. The molecule has 16 heavy (non-hydrogen) atoms. The van der Waals surface area contributed by atoms with Crippen molar-refractivity contribution in [3.63, 3.8) is 0 Å². The topological polar surface area (TPSA) is 21.3 Å². The lowest BCUT2D eigenvalue weighted by atomic mass is 10.2. The van der Waals surface area contributed by atoms with Gasteiger partial charge in [-0.2, -0.15) is 0 Å². The van der Waals surface area contributed by atoms with E-state index in [0.717, 1.165) is 12.3 Å². The van der Waals surface area contributed by atoms with Crippen molar-refractivity contribution in [1.82, 2.24) is 5.32 Å². The van der Waals surface area contributed by atoms with Crippen molar-refractivity contribution in [1.29, 1.82) is 0 Å². The Morgan fingerprint density at radius 1 is 1.38 bits per heavy atom. The maximum absolute atomic E-state index is 5.22. The maximum atomic E-state index is 5.22. The zero-order valence-electron chi connectivity index (χ0n) is 10.5. The van der Waals surface area contributed by atoms with Crippen LogP contribution in [0, 0.1) is 0 Å². The van der Waals surface area contributed by atoms with E-state index in [1.807, 2.05) is 23.9 Å². The molecule has 0 saturated carbocycles. The minimum absolute atomic E-state index is 0.515. The Balaban J connectivity index is 2.58. The summed E-state index contributed by atoms with van der Waals surface area (Å²) >= 11 is 1.88. The first-order valence-electron chi connectivity index (χ1n) is 5.71. The van der Waals surface area contributed by atoms with Gasteiger partial charge in [-0.1, -0.05) is 19.9 Å². The lowest BCUT2D eigenvalue weighted by Crippen LogP contribution is -2.33. The summed E-state index contributed by atoms with van der Waals surface area (Å²) in [6.45, 7) is 7.63. The lowest BCUT2D eigenvalue weighted by molar-refractivity contribution is 0.413. The summed E-state index contributed by atoms with van der Waals surface area (Å²) in [4.78, 5) is 1.26. The molecular weight excluding hydrogens is 218 g/mol. The molecule has 0 fully saturated rings. The molecule has 0 aliphatic carbocycles. The van der Waals surface area contributed by atoms with Gasteiger partial charge in [0.1, 0.15) is 5.75 Å². The van der Waals surface area contributed by atoms with E-state index in [0.29, 0.717) is 11.3 Å². The average Bonchev–Trinajstić information content (AvgIpc) is 2.29. The van der Waals surface area contributed by atoms with Crippen LogP contribution in [0.2, 0.25) is 0 Å². The molecule has 1 aromatic rings. The summed E-state index contributed by atoms with van der Waals surface area (Å²) in [7, 11) is 1.70. The van der Waals surface area contributed by atoms with E-state index < -0.39 is 0 Å². The molecule has 2 unspecified atom stereocenters. The molecule has 1 aromatic carbocycles. The molecule has 0 aliphatic rings. The van der Waals surface area contributed by atoms with Gasteiger partial charge in [0.2, 0.25) is 0 Å². The fourth-order valence-corrected chi connectivity index (χ4v) is 2.55. The first-order chi connectivity index (χ1) is 7.67. The number of methoxy groups -OCH3 is 1. The molecule has 0 saturated heterocycles. The molecule has 2 nitrogen and oxygen atoms in total. The highest BCUT2D eigenvalue weighted by Crippen LogP contribution is 2.27. The van der Waals surface area contributed by atoms with Gasteiger partial charge in [0, 0.05) is 16.2 Å². The van der Waals surface area contributed by atoms with Gasteiger partial charge < -0.3 is 10.1 Å². The molecule has 0 aliphatic heterocycles. The summed E-state index contributed by atoms with van der Waals surface area (Å²) in [6, 6.07) is 8.73. The minimum Gasteiger partial charge on any atom is -0.497 e. The predicted octanol–water partition coefficient (Wildman–Crippen LogP) is 3.17. The summed E-state index contributed by atoms with van der Waals surface area (Å²) in [5.41, 5.74) is 0. The van der Waals surface area contributed by atoms with Gasteiger partial charge in [0.25, 0.3) is 0 Å². The van der Waals surface area contributed by atoms with Crippen LogP contribution < -0.4 is 10.1 Å². The van der Waals surface area contributed by atoms with E-state index in [2.05, 4.69) is 38.2 Å². The fraction of sp³-hybridized carbons (Fsp3) is 0.538. The highest BCUT2D eigenvalue weighted by Gasteiger charge is 2.12. The molecule has 0 radical (unpaired) electrons. The Morgan fingerprint density at radius 2 is 2.12 bits per heavy atom. The lowest BCUT2D eigenvalue weighted by Gasteiger charge is -2.20. The first kappa shape index (κ1) is 13.4. The Kier molecular flexibility index (Phi) is 5.71. The third kappa shape index (κ3) is 4.06. The Hall–Kier alpha value is -0.670. The van der Waals surface area contributed by atoms with Crippen molar-refractivity contribution in [2.24, 2.45) is 0 Å². The van der Waals surface area contributed by atoms with E-state index in [1.165, 1.54) is 4.90 Å². The van der Waals surface area contributed by atoms with Crippen LogP contribution in [0.1, 0.15) is 20.8 Å². The standard InChI is InChI=1S/C13H21NOS/c1-5-14-10(2)11(3)16-13-8-6-7-12(9-13)15-4/h6-11,14H,5H2,1-4H3. The minimum atomic E-state index is 0.515. The van der Waals surface area contributed by atoms with E-state index in [1.54, 1.807) is 7.11 Å². The van der Waals surface area contributed by atoms with Crippen molar-refractivity contribution >= 4 is 11.8 Å². The second-order valence-corrected chi connectivity index (χ2v) is 5.30. The second kappa shape index (κ2) is 6.81. The molecule has 0 bridgehead atoms. The van der Waals surface area contributed by atoms with Crippen LogP contribution in [0.15, 0.2) is 29.2 Å². The molecule has 1 N–H and O–H groups in total. The van der Waals surface area contributed by atoms with Crippen LogP contribution >= 0.6 is 11.8 Å². The predicted molar refractivity (Wildman–Crippen MR) is 71.5 cm³/mol. The molecule has 3 heteroatoms. The van der Waals surface area contributed by atoms with Gasteiger partial charge in [-0.25, -0.2) is 0 Å². The third-order valence-corrected chi connectivity index (χ3v) is 3.90. The van der Waals surface area contributed by atoms with Gasteiger partial charge in [0.15, 0.2) is 0 Å². The molecular formula is C13H21NOS. The monoisotopic (exact) mass is 239 g/mol. The van der Waals surface area contributed by atoms with E-state index in [-0.39, 0.29) is 0 Å². The molecule has 0 amide bonds. The molecule has 90 valence electrons. The molecule has 0 heterocycles. The molecule has 0 aromatic heterocycles. The Bertz CT molecular complexity index is 317. The molecule has 1 rings (SSSR count). The Morgan fingerprint density at radius 3 is 2.75 bits per heavy atom. The van der Waals surface area contributed by atoms with Gasteiger partial charge >= 0.3 is 0 Å². The zero-order chi connectivity index (χ0) is 12.0. The van der Waals surface area contributed by atoms with E-state index in [4.69, 9.17) is 4.74 Å². The first-order valence-corrected chi connectivity index (χ1v) is 6.59. The van der Waals surface area contributed by atoms with Crippen LogP contribution in [0.5, 0.6) is 5.75 Å². The summed E-state index contributed by atoms with van der Waals surface area (Å²) in [5, 5.41) is 3.99. The zero-order valence-corrected chi connectivity index (χ0v) is 11.3. The molecule has 2 atom stereocenters. The van der Waals surface area contributed by atoms with Gasteiger partial charge in [-0.15, -0.1) is 11.8 Å². The van der Waals surface area contributed by atoms with Crippen LogP contribution in [-0.2, 0) is 0 Å². The third-order valence-electron chi connectivity index (χ3n) is 2.59. The largest absolute Gasteiger partial charge is 0.497 e. The van der Waals surface area contributed by atoms with Crippen LogP contribution in [-0.4, -0.2) is 24.9 Å². The number of thioether (sulfide) groups is 1.